The first-order valence-corrected chi connectivity index (χ1v) is 11.1. The Bertz CT molecular complexity index is 967. The molecule has 0 heterocycles. The lowest BCUT2D eigenvalue weighted by atomic mass is 9.93. The third-order valence-corrected chi connectivity index (χ3v) is 6.43. The minimum atomic E-state index is -0.961. The number of rotatable bonds is 8. The smallest absolute Gasteiger partial charge is 0.407 e. The van der Waals surface area contributed by atoms with Crippen molar-refractivity contribution in [2.24, 2.45) is 0 Å². The number of hydrogen-bond acceptors (Lipinski definition) is 4. The van der Waals surface area contributed by atoms with Gasteiger partial charge in [-0.1, -0.05) is 61.4 Å². The molecule has 2 aliphatic carbocycles. The molecule has 1 saturated carbocycles. The Hall–Kier alpha value is -3.35. The van der Waals surface area contributed by atoms with Crippen LogP contribution in [0, 0.1) is 0 Å². The minimum absolute atomic E-state index is 0.0213. The van der Waals surface area contributed by atoms with Gasteiger partial charge in [0.15, 0.2) is 0 Å². The van der Waals surface area contributed by atoms with E-state index in [0.717, 1.165) is 24.0 Å². The Morgan fingerprint density at radius 1 is 0.969 bits per heavy atom. The van der Waals surface area contributed by atoms with Gasteiger partial charge in [0, 0.05) is 18.9 Å². The summed E-state index contributed by atoms with van der Waals surface area (Å²) in [4.78, 5) is 35.7. The summed E-state index contributed by atoms with van der Waals surface area (Å²) in [5.74, 6) is -1.24. The molecule has 0 unspecified atom stereocenters. The maximum absolute atomic E-state index is 12.7. The van der Waals surface area contributed by atoms with Crippen molar-refractivity contribution in [2.45, 2.75) is 50.0 Å². The zero-order valence-corrected chi connectivity index (χ0v) is 17.9. The van der Waals surface area contributed by atoms with E-state index in [0.29, 0.717) is 12.8 Å². The summed E-state index contributed by atoms with van der Waals surface area (Å²) in [6.07, 6.45) is 2.72. The molecule has 2 aromatic carbocycles. The predicted molar refractivity (Wildman–Crippen MR) is 119 cm³/mol. The van der Waals surface area contributed by atoms with Gasteiger partial charge in [-0.2, -0.15) is 0 Å². The van der Waals surface area contributed by atoms with Gasteiger partial charge >= 0.3 is 12.1 Å². The number of carboxylic acids is 1. The lowest BCUT2D eigenvalue weighted by Crippen LogP contribution is -2.49. The van der Waals surface area contributed by atoms with Crippen molar-refractivity contribution in [1.82, 2.24) is 10.6 Å². The van der Waals surface area contributed by atoms with E-state index in [1.807, 2.05) is 24.3 Å². The fourth-order valence-electron chi connectivity index (χ4n) is 4.93. The molecule has 2 aliphatic rings. The fraction of sp³-hybridized carbons (Fsp3) is 0.400. The molecular formula is C25H28N2O5. The maximum Gasteiger partial charge on any atom is 0.407 e. The Morgan fingerprint density at radius 2 is 1.56 bits per heavy atom. The number of carbonyl (C=O) groups excluding carboxylic acids is 2. The summed E-state index contributed by atoms with van der Waals surface area (Å²) in [5.41, 5.74) is 3.99. The number of benzene rings is 2. The minimum Gasteiger partial charge on any atom is -0.481 e. The lowest BCUT2D eigenvalue weighted by Gasteiger charge is -2.29. The number of nitrogens with one attached hydrogen (secondary N) is 2. The average molecular weight is 437 g/mol. The molecule has 1 fully saturated rings. The maximum atomic E-state index is 12.7. The molecule has 0 atom stereocenters. The first-order chi connectivity index (χ1) is 15.5. The van der Waals surface area contributed by atoms with Gasteiger partial charge in [-0.15, -0.1) is 0 Å². The van der Waals surface area contributed by atoms with Crippen molar-refractivity contribution in [1.29, 1.82) is 0 Å². The van der Waals surface area contributed by atoms with Crippen LogP contribution < -0.4 is 10.6 Å². The normalized spacial score (nSPS) is 16.1. The number of alkyl carbamates (subject to hydrolysis) is 1. The van der Waals surface area contributed by atoms with E-state index in [2.05, 4.69) is 34.9 Å². The molecule has 0 spiro atoms. The summed E-state index contributed by atoms with van der Waals surface area (Å²) in [7, 11) is 0. The van der Waals surface area contributed by atoms with E-state index in [9.17, 15) is 14.4 Å². The molecule has 3 N–H and O–H groups in total. The first-order valence-electron chi connectivity index (χ1n) is 11.1. The van der Waals surface area contributed by atoms with E-state index in [1.54, 1.807) is 0 Å². The van der Waals surface area contributed by atoms with Crippen LogP contribution in [0.15, 0.2) is 48.5 Å². The van der Waals surface area contributed by atoms with Crippen molar-refractivity contribution in [2.75, 3.05) is 13.2 Å². The van der Waals surface area contributed by atoms with Crippen LogP contribution in [0.5, 0.6) is 0 Å². The van der Waals surface area contributed by atoms with E-state index >= 15 is 0 Å². The van der Waals surface area contributed by atoms with Gasteiger partial charge in [0.2, 0.25) is 5.91 Å². The number of hydrogen-bond donors (Lipinski definition) is 3. The SMILES string of the molecule is O=C(O)CCNC(=O)CC1(NC(=O)OCC2c3ccccc3-c3ccccc32)CCCC1. The quantitative estimate of drug-likeness (QED) is 0.584. The Balaban J connectivity index is 1.37. The van der Waals surface area contributed by atoms with E-state index in [1.165, 1.54) is 11.1 Å². The second-order valence-corrected chi connectivity index (χ2v) is 8.61. The molecular weight excluding hydrogens is 408 g/mol. The highest BCUT2D eigenvalue weighted by atomic mass is 16.5. The standard InChI is InChI=1S/C25H28N2O5/c28-22(26-14-11-23(29)30)15-25(12-5-6-13-25)27-24(31)32-16-21-19-9-3-1-7-17(19)18-8-2-4-10-20(18)21/h1-4,7-10,21H,5-6,11-16H2,(H,26,28)(H,27,31)(H,29,30). The summed E-state index contributed by atoms with van der Waals surface area (Å²) < 4.78 is 5.66. The van der Waals surface area contributed by atoms with Gasteiger partial charge in [-0.3, -0.25) is 9.59 Å². The van der Waals surface area contributed by atoms with Gasteiger partial charge < -0.3 is 20.5 Å². The molecule has 0 radical (unpaired) electrons. The van der Waals surface area contributed by atoms with Crippen molar-refractivity contribution in [3.63, 3.8) is 0 Å². The Morgan fingerprint density at radius 3 is 2.16 bits per heavy atom. The molecule has 4 rings (SSSR count). The van der Waals surface area contributed by atoms with Crippen molar-refractivity contribution >= 4 is 18.0 Å². The van der Waals surface area contributed by atoms with Crippen molar-refractivity contribution in [3.05, 3.63) is 59.7 Å². The van der Waals surface area contributed by atoms with Crippen LogP contribution in [0.1, 0.15) is 55.6 Å². The fourth-order valence-corrected chi connectivity index (χ4v) is 4.93. The molecule has 2 amide bonds. The monoisotopic (exact) mass is 436 g/mol. The van der Waals surface area contributed by atoms with Crippen LogP contribution in [0.2, 0.25) is 0 Å². The number of aliphatic carboxylic acids is 1. The number of carbonyl (C=O) groups is 3. The molecule has 7 nitrogen and oxygen atoms in total. The van der Waals surface area contributed by atoms with Crippen LogP contribution in [0.4, 0.5) is 4.79 Å². The molecule has 7 heteroatoms. The van der Waals surface area contributed by atoms with Gasteiger partial charge in [0.05, 0.1) is 12.0 Å². The van der Waals surface area contributed by atoms with Crippen LogP contribution in [0.3, 0.4) is 0 Å². The topological polar surface area (TPSA) is 105 Å². The molecule has 0 bridgehead atoms. The van der Waals surface area contributed by atoms with Crippen LogP contribution in [-0.4, -0.2) is 41.8 Å². The molecule has 0 aromatic heterocycles. The summed E-state index contributed by atoms with van der Waals surface area (Å²) in [5, 5.41) is 14.3. The Kier molecular flexibility index (Phi) is 6.44. The summed E-state index contributed by atoms with van der Waals surface area (Å²) >= 11 is 0. The Labute approximate surface area is 187 Å². The number of carboxylic acid groups (broad SMARTS) is 1. The number of ether oxygens (including phenoxy) is 1. The number of amides is 2. The highest BCUT2D eigenvalue weighted by Gasteiger charge is 2.38. The van der Waals surface area contributed by atoms with Gasteiger partial charge in [-0.05, 0) is 35.1 Å². The zero-order valence-electron chi connectivity index (χ0n) is 17.9. The third-order valence-electron chi connectivity index (χ3n) is 6.43. The average Bonchev–Trinajstić information content (AvgIpc) is 3.34. The van der Waals surface area contributed by atoms with Crippen LogP contribution in [0.25, 0.3) is 11.1 Å². The molecule has 0 saturated heterocycles. The largest absolute Gasteiger partial charge is 0.481 e. The molecule has 0 aliphatic heterocycles. The van der Waals surface area contributed by atoms with Crippen LogP contribution >= 0.6 is 0 Å². The molecule has 32 heavy (non-hydrogen) atoms. The number of fused-ring (bicyclic) bond motifs is 3. The summed E-state index contributed by atoms with van der Waals surface area (Å²) in [6.45, 7) is 0.302. The molecule has 168 valence electrons. The molecule has 2 aromatic rings. The third kappa shape index (κ3) is 4.77. The van der Waals surface area contributed by atoms with E-state index < -0.39 is 17.6 Å². The first kappa shape index (κ1) is 21.9. The van der Waals surface area contributed by atoms with Gasteiger partial charge in [-0.25, -0.2) is 4.79 Å². The predicted octanol–water partition coefficient (Wildman–Crippen LogP) is 3.82. The highest BCUT2D eigenvalue weighted by Crippen LogP contribution is 2.44. The van der Waals surface area contributed by atoms with Gasteiger partial charge in [0.1, 0.15) is 6.61 Å². The van der Waals surface area contributed by atoms with Crippen molar-refractivity contribution < 1.29 is 24.2 Å². The van der Waals surface area contributed by atoms with Crippen LogP contribution in [-0.2, 0) is 14.3 Å². The summed E-state index contributed by atoms with van der Waals surface area (Å²) in [6, 6.07) is 16.3. The lowest BCUT2D eigenvalue weighted by molar-refractivity contribution is -0.136. The van der Waals surface area contributed by atoms with E-state index in [4.69, 9.17) is 9.84 Å². The highest BCUT2D eigenvalue weighted by molar-refractivity contribution is 5.80. The second-order valence-electron chi connectivity index (χ2n) is 8.61. The van der Waals surface area contributed by atoms with Gasteiger partial charge in [0.25, 0.3) is 0 Å². The zero-order chi connectivity index (χ0) is 22.6. The van der Waals surface area contributed by atoms with Crippen molar-refractivity contribution in [3.8, 4) is 11.1 Å². The van der Waals surface area contributed by atoms with E-state index in [-0.39, 0.29) is 37.8 Å². The second kappa shape index (κ2) is 9.42.